The van der Waals surface area contributed by atoms with Crippen molar-refractivity contribution in [3.8, 4) is 0 Å². The number of rotatable bonds is 13. The Hall–Kier alpha value is -4.48. The highest BCUT2D eigenvalue weighted by molar-refractivity contribution is 6.14. The van der Waals surface area contributed by atoms with Crippen molar-refractivity contribution in [2.45, 2.75) is 66.7 Å². The van der Waals surface area contributed by atoms with Gasteiger partial charge in [-0.15, -0.1) is 0 Å². The van der Waals surface area contributed by atoms with Gasteiger partial charge in [0.05, 0.1) is 18.1 Å². The Labute approximate surface area is 273 Å². The number of fused-ring (bicyclic) bond motifs is 1. The predicted molar refractivity (Wildman–Crippen MR) is 190 cm³/mol. The summed E-state index contributed by atoms with van der Waals surface area (Å²) in [6.07, 6.45) is 5.26. The summed E-state index contributed by atoms with van der Waals surface area (Å²) in [7, 11) is 2.22. The van der Waals surface area contributed by atoms with Crippen LogP contribution >= 0.6 is 0 Å². The zero-order valence-electron chi connectivity index (χ0n) is 28.1. The first-order valence-electron chi connectivity index (χ1n) is 16.5. The number of pyridine rings is 1. The first-order chi connectivity index (χ1) is 22.0. The van der Waals surface area contributed by atoms with Crippen molar-refractivity contribution >= 4 is 34.3 Å². The topological polar surface area (TPSA) is 58.8 Å². The molecule has 5 nitrogen and oxygen atoms in total. The van der Waals surface area contributed by atoms with Crippen LogP contribution in [0.1, 0.15) is 78.8 Å². The van der Waals surface area contributed by atoms with Crippen LogP contribution < -0.4 is 4.48 Å². The Bertz CT molecular complexity index is 1760. The number of carbonyl (C=O) groups is 2. The molecule has 2 aromatic heterocycles. The largest absolute Gasteiger partial charge is 0.481 e. The molecule has 5 aromatic rings. The summed E-state index contributed by atoms with van der Waals surface area (Å²) in [5.74, 6) is 0.348. The Balaban J connectivity index is 1.53. The van der Waals surface area contributed by atoms with E-state index in [4.69, 9.17) is 5.11 Å². The van der Waals surface area contributed by atoms with Crippen molar-refractivity contribution in [3.05, 3.63) is 131 Å². The molecule has 5 rings (SSSR count). The van der Waals surface area contributed by atoms with Gasteiger partial charge in [-0.3, -0.25) is 9.59 Å². The van der Waals surface area contributed by atoms with Crippen LogP contribution in [0.4, 0.5) is 17.1 Å². The van der Waals surface area contributed by atoms with Crippen LogP contribution in [0.5, 0.6) is 0 Å². The summed E-state index contributed by atoms with van der Waals surface area (Å²) in [4.78, 5) is 25.3. The molecule has 2 heterocycles. The number of hydrogen-bond acceptors (Lipinski definition) is 2. The van der Waals surface area contributed by atoms with Crippen LogP contribution in [-0.4, -0.2) is 28.3 Å². The van der Waals surface area contributed by atoms with Crippen LogP contribution in [0, 0.1) is 18.8 Å². The molecular weight excluding hydrogens is 568 g/mol. The van der Waals surface area contributed by atoms with Crippen molar-refractivity contribution in [3.63, 3.8) is 0 Å². The average Bonchev–Trinajstić information content (AvgIpc) is 3.31. The van der Waals surface area contributed by atoms with Gasteiger partial charge in [-0.05, 0) is 85.4 Å². The van der Waals surface area contributed by atoms with E-state index in [9.17, 15) is 9.59 Å². The number of aryl methyl sites for hydroxylation is 1. The van der Waals surface area contributed by atoms with E-state index >= 15 is 0 Å². The van der Waals surface area contributed by atoms with Gasteiger partial charge >= 0.3 is 5.97 Å². The molecule has 0 spiro atoms. The lowest BCUT2D eigenvalue weighted by Gasteiger charge is -2.33. The monoisotopic (exact) mass is 615 g/mol. The van der Waals surface area contributed by atoms with Gasteiger partial charge in [-0.25, -0.2) is 4.48 Å². The molecule has 0 unspecified atom stereocenters. The Morgan fingerprint density at radius 2 is 1.24 bits per heavy atom. The number of carboxylic acids is 1. The van der Waals surface area contributed by atoms with Crippen LogP contribution in [0.2, 0.25) is 0 Å². The van der Waals surface area contributed by atoms with E-state index in [1.54, 1.807) is 0 Å². The molecule has 0 bridgehead atoms. The molecule has 0 aliphatic rings. The van der Waals surface area contributed by atoms with Crippen molar-refractivity contribution in [1.29, 1.82) is 0 Å². The molecule has 5 heteroatoms. The molecule has 0 aliphatic carbocycles. The maximum Gasteiger partial charge on any atom is 0.303 e. The molecule has 0 atom stereocenters. The number of benzene rings is 3. The smallest absolute Gasteiger partial charge is 0.303 e. The minimum absolute atomic E-state index is 0.0254. The summed E-state index contributed by atoms with van der Waals surface area (Å²) in [6.45, 7) is 11.0. The fourth-order valence-electron chi connectivity index (χ4n) is 6.71. The quantitative estimate of drug-likeness (QED) is 0.106. The molecular formula is C41H47N2O3+. The minimum Gasteiger partial charge on any atom is -0.481 e. The van der Waals surface area contributed by atoms with Gasteiger partial charge in [0, 0.05) is 60.3 Å². The number of ketones is 1. The lowest BCUT2D eigenvalue weighted by atomic mass is 9.98. The lowest BCUT2D eigenvalue weighted by Crippen LogP contribution is -2.33. The third-order valence-electron chi connectivity index (χ3n) is 9.09. The molecule has 0 amide bonds. The molecule has 46 heavy (non-hydrogen) atoms. The number of aliphatic carboxylic acids is 1. The standard InChI is InChI=1S/C41H46N2O3/c1-28(2)26-31-13-19-34(20-14-31)43(6,35-21-15-32(16-22-35)27-29(3)4)36-23-17-33(18-24-36)41(46)40-30(5)37(11-9-12-39(44)45)42-25-8-7-10-38(40)42/h7-8,10,13-25,28-29H,9,11-12,26-27H2,1-6H3/p+1. The fourth-order valence-corrected chi connectivity index (χ4v) is 6.71. The highest BCUT2D eigenvalue weighted by atomic mass is 16.4. The normalized spacial score (nSPS) is 11.9. The Kier molecular flexibility index (Phi) is 9.93. The maximum absolute atomic E-state index is 14.1. The van der Waals surface area contributed by atoms with Crippen LogP contribution in [0.3, 0.4) is 0 Å². The number of nitrogens with zero attached hydrogens (tertiary/aromatic N) is 2. The van der Waals surface area contributed by atoms with Crippen LogP contribution in [0.25, 0.3) is 5.52 Å². The van der Waals surface area contributed by atoms with E-state index in [0.717, 1.165) is 46.7 Å². The number of quaternary nitrogens is 1. The highest BCUT2D eigenvalue weighted by Crippen LogP contribution is 2.42. The Morgan fingerprint density at radius 1 is 0.739 bits per heavy atom. The van der Waals surface area contributed by atoms with Crippen molar-refractivity contribution in [2.24, 2.45) is 11.8 Å². The number of carbonyl (C=O) groups excluding carboxylic acids is 1. The van der Waals surface area contributed by atoms with Crippen molar-refractivity contribution in [2.75, 3.05) is 7.05 Å². The molecule has 0 saturated carbocycles. The highest BCUT2D eigenvalue weighted by Gasteiger charge is 2.32. The average molecular weight is 616 g/mol. The van der Waals surface area contributed by atoms with Crippen molar-refractivity contribution < 1.29 is 14.7 Å². The third-order valence-corrected chi connectivity index (χ3v) is 9.09. The van der Waals surface area contributed by atoms with Gasteiger partial charge in [0.2, 0.25) is 0 Å². The van der Waals surface area contributed by atoms with E-state index in [2.05, 4.69) is 95.4 Å². The molecule has 238 valence electrons. The van der Waals surface area contributed by atoms with E-state index in [1.807, 2.05) is 47.9 Å². The lowest BCUT2D eigenvalue weighted by molar-refractivity contribution is -0.137. The number of hydrogen-bond donors (Lipinski definition) is 1. The van der Waals surface area contributed by atoms with E-state index < -0.39 is 5.97 Å². The van der Waals surface area contributed by atoms with Gasteiger partial charge in [-0.1, -0.05) is 58.0 Å². The van der Waals surface area contributed by atoms with Gasteiger partial charge < -0.3 is 9.51 Å². The predicted octanol–water partition coefficient (Wildman–Crippen LogP) is 9.88. The molecule has 0 aliphatic heterocycles. The Morgan fingerprint density at radius 3 is 1.72 bits per heavy atom. The zero-order valence-corrected chi connectivity index (χ0v) is 28.1. The van der Waals surface area contributed by atoms with Gasteiger partial charge in [0.15, 0.2) is 5.78 Å². The SMILES string of the molecule is Cc1c(C(=O)c2ccc([N+](C)(c3ccc(CC(C)C)cc3)c3ccc(CC(C)C)cc3)cc2)c2ccccn2c1CCCC(=O)O. The summed E-state index contributed by atoms with van der Waals surface area (Å²) in [6, 6.07) is 31.8. The summed E-state index contributed by atoms with van der Waals surface area (Å²) < 4.78 is 2.51. The van der Waals surface area contributed by atoms with Crippen molar-refractivity contribution in [1.82, 2.24) is 8.88 Å². The second-order valence-corrected chi connectivity index (χ2v) is 13.6. The molecule has 1 N–H and O–H groups in total. The third kappa shape index (κ3) is 6.85. The summed E-state index contributed by atoms with van der Waals surface area (Å²) >= 11 is 0. The van der Waals surface area contributed by atoms with E-state index in [1.165, 1.54) is 11.1 Å². The second kappa shape index (κ2) is 13.9. The number of aromatic nitrogens is 1. The zero-order chi connectivity index (χ0) is 33.0. The number of carboxylic acid groups (broad SMARTS) is 1. The van der Waals surface area contributed by atoms with Crippen LogP contribution in [-0.2, 0) is 24.1 Å². The molecule has 3 aromatic carbocycles. The van der Waals surface area contributed by atoms with Gasteiger partial charge in [0.25, 0.3) is 0 Å². The van der Waals surface area contributed by atoms with Gasteiger partial charge in [-0.2, -0.15) is 0 Å². The molecule has 0 fully saturated rings. The van der Waals surface area contributed by atoms with Gasteiger partial charge in [0.1, 0.15) is 17.1 Å². The summed E-state index contributed by atoms with van der Waals surface area (Å²) in [5.41, 5.74) is 10.1. The fraction of sp³-hybridized carbons (Fsp3) is 0.317. The van der Waals surface area contributed by atoms with Crippen LogP contribution in [0.15, 0.2) is 97.2 Å². The van der Waals surface area contributed by atoms with E-state index in [0.29, 0.717) is 40.3 Å². The summed E-state index contributed by atoms with van der Waals surface area (Å²) in [5, 5.41) is 9.17. The maximum atomic E-state index is 14.1. The second-order valence-electron chi connectivity index (χ2n) is 13.6. The first kappa shape index (κ1) is 32.9. The minimum atomic E-state index is -0.807. The first-order valence-corrected chi connectivity index (χ1v) is 16.5. The molecule has 0 radical (unpaired) electrons. The molecule has 0 saturated heterocycles. The van der Waals surface area contributed by atoms with E-state index in [-0.39, 0.29) is 12.2 Å².